The molecule has 196 valence electrons. The molecule has 0 bridgehead atoms. The number of alkyl halides is 3. The van der Waals surface area contributed by atoms with Crippen molar-refractivity contribution in [1.29, 1.82) is 0 Å². The highest BCUT2D eigenvalue weighted by atomic mass is 35.5. The Morgan fingerprint density at radius 3 is 2.35 bits per heavy atom. The highest BCUT2D eigenvalue weighted by Gasteiger charge is 2.51. The van der Waals surface area contributed by atoms with Gasteiger partial charge >= 0.3 is 6.18 Å². The Morgan fingerprint density at radius 2 is 1.70 bits per heavy atom. The van der Waals surface area contributed by atoms with Gasteiger partial charge in [0.1, 0.15) is 16.5 Å². The van der Waals surface area contributed by atoms with E-state index in [0.717, 1.165) is 21.9 Å². The summed E-state index contributed by atoms with van der Waals surface area (Å²) in [6.45, 7) is 6.29. The van der Waals surface area contributed by atoms with Gasteiger partial charge in [0, 0.05) is 33.7 Å². The number of aromatic nitrogens is 2. The number of nitrogens with one attached hydrogen (secondary N) is 1. The molecule has 1 aromatic carbocycles. The van der Waals surface area contributed by atoms with Crippen molar-refractivity contribution in [2.75, 3.05) is 0 Å². The largest absolute Gasteiger partial charge is 0.598 e. The summed E-state index contributed by atoms with van der Waals surface area (Å²) >= 11 is 6.45. The van der Waals surface area contributed by atoms with Crippen LogP contribution in [0.2, 0.25) is 5.02 Å². The van der Waals surface area contributed by atoms with E-state index >= 15 is 0 Å². The molecule has 0 radical (unpaired) electrons. The minimum atomic E-state index is -4.86. The van der Waals surface area contributed by atoms with E-state index in [9.17, 15) is 22.8 Å². The minimum absolute atomic E-state index is 0.196. The summed E-state index contributed by atoms with van der Waals surface area (Å²) in [6.07, 6.45) is -2.09. The smallest absolute Gasteiger partial charge is 0.421 e. The quantitative estimate of drug-likeness (QED) is 0.247. The van der Waals surface area contributed by atoms with Crippen LogP contribution in [-0.2, 0) is 17.0 Å². The highest BCUT2D eigenvalue weighted by molar-refractivity contribution is 7.90. The van der Waals surface area contributed by atoms with Crippen molar-refractivity contribution < 1.29 is 22.8 Å². The number of rotatable bonds is 6. The number of benzene rings is 1. The molecule has 3 heterocycles. The lowest BCUT2D eigenvalue weighted by atomic mass is 9.95. The Morgan fingerprint density at radius 1 is 1.03 bits per heavy atom. The van der Waals surface area contributed by atoms with Crippen molar-refractivity contribution in [3.05, 3.63) is 82.0 Å². The van der Waals surface area contributed by atoms with Crippen LogP contribution in [0, 0.1) is 0 Å². The van der Waals surface area contributed by atoms with Crippen LogP contribution in [0.4, 0.5) is 13.2 Å². The molecule has 5 nitrogen and oxygen atoms in total. The molecule has 3 atom stereocenters. The van der Waals surface area contributed by atoms with Crippen LogP contribution in [0.1, 0.15) is 49.7 Å². The molecule has 0 aliphatic rings. The first-order valence-corrected chi connectivity index (χ1v) is 13.6. The first-order chi connectivity index (χ1) is 17.2. The van der Waals surface area contributed by atoms with E-state index in [0.29, 0.717) is 22.3 Å². The van der Waals surface area contributed by atoms with E-state index in [1.807, 2.05) is 45.0 Å². The van der Waals surface area contributed by atoms with Gasteiger partial charge in [0.15, 0.2) is 5.60 Å². The monoisotopic (exact) mass is 567 g/mol. The van der Waals surface area contributed by atoms with E-state index in [-0.39, 0.29) is 11.3 Å². The van der Waals surface area contributed by atoms with Crippen LogP contribution in [0.5, 0.6) is 0 Å². The second-order valence-corrected chi connectivity index (χ2v) is 13.2. The maximum Gasteiger partial charge on any atom is 0.421 e. The van der Waals surface area contributed by atoms with Crippen molar-refractivity contribution in [1.82, 2.24) is 14.7 Å². The molecule has 3 unspecified atom stereocenters. The van der Waals surface area contributed by atoms with Crippen molar-refractivity contribution in [2.24, 2.45) is 0 Å². The molecular weight excluding hydrogens is 543 g/mol. The van der Waals surface area contributed by atoms with Gasteiger partial charge < -0.3 is 9.66 Å². The number of thiophene rings is 1. The molecule has 11 heteroatoms. The Bertz CT molecular complexity index is 1420. The molecule has 0 saturated carbocycles. The van der Waals surface area contributed by atoms with E-state index in [1.165, 1.54) is 23.6 Å². The molecule has 3 aromatic heterocycles. The lowest BCUT2D eigenvalue weighted by Gasteiger charge is -2.28. The number of hydrogen-bond acceptors (Lipinski definition) is 6. The Labute approximate surface area is 225 Å². The number of nitrogens with zero attached hydrogens (tertiary/aromatic N) is 2. The van der Waals surface area contributed by atoms with Gasteiger partial charge in [-0.15, -0.1) is 16.1 Å². The van der Waals surface area contributed by atoms with E-state index in [1.54, 1.807) is 18.3 Å². The average molecular weight is 568 g/mol. The van der Waals surface area contributed by atoms with Gasteiger partial charge in [-0.3, -0.25) is 9.97 Å². The van der Waals surface area contributed by atoms with Crippen LogP contribution in [0.15, 0.2) is 60.9 Å². The lowest BCUT2D eigenvalue weighted by molar-refractivity contribution is -0.258. The maximum absolute atomic E-state index is 13.5. The van der Waals surface area contributed by atoms with Crippen molar-refractivity contribution in [3.8, 4) is 11.4 Å². The predicted molar refractivity (Wildman–Crippen MR) is 143 cm³/mol. The third-order valence-electron chi connectivity index (χ3n) is 5.85. The average Bonchev–Trinajstić information content (AvgIpc) is 3.26. The van der Waals surface area contributed by atoms with Crippen LogP contribution in [0.3, 0.4) is 0 Å². The fraction of sp³-hybridized carbons (Fsp3) is 0.308. The Balaban J connectivity index is 1.84. The fourth-order valence-electron chi connectivity index (χ4n) is 3.60. The van der Waals surface area contributed by atoms with Crippen LogP contribution < -0.4 is 4.72 Å². The summed E-state index contributed by atoms with van der Waals surface area (Å²) in [6, 6.07) is 12.8. The van der Waals surface area contributed by atoms with Gasteiger partial charge in [0.05, 0.1) is 10.4 Å². The molecule has 0 aliphatic heterocycles. The second kappa shape index (κ2) is 10.2. The Hall–Kier alpha value is -2.21. The number of fused-ring (bicyclic) bond motifs is 1. The minimum Gasteiger partial charge on any atom is -0.598 e. The van der Waals surface area contributed by atoms with E-state index in [2.05, 4.69) is 14.7 Å². The lowest BCUT2D eigenvalue weighted by Crippen LogP contribution is -2.41. The van der Waals surface area contributed by atoms with Gasteiger partial charge in [-0.1, -0.05) is 29.8 Å². The van der Waals surface area contributed by atoms with Gasteiger partial charge in [-0.25, -0.2) is 0 Å². The van der Waals surface area contributed by atoms with Crippen molar-refractivity contribution in [2.45, 2.75) is 50.3 Å². The topological polar surface area (TPSA) is 81.1 Å². The number of pyridine rings is 2. The Kier molecular flexibility index (Phi) is 7.64. The summed E-state index contributed by atoms with van der Waals surface area (Å²) < 4.78 is 56.8. The van der Waals surface area contributed by atoms with Crippen LogP contribution in [0.25, 0.3) is 21.5 Å². The zero-order chi connectivity index (χ0) is 27.2. The standard InChI is InChI=1S/C26H25ClF3N3O2S2/c1-24(2,3)37(35)33-21(17-7-5-6-8-18(17)27)20-13-15-9-11-32-22(23(15)36-20)19-14-16(10-12-31-19)25(4,34)26(28,29)30/h5-14,21,33-34H,1-4H3. The molecular formula is C26H25ClF3N3O2S2. The third-order valence-corrected chi connectivity index (χ3v) is 8.98. The maximum atomic E-state index is 13.5. The van der Waals surface area contributed by atoms with Crippen LogP contribution >= 0.6 is 22.9 Å². The van der Waals surface area contributed by atoms with Gasteiger partial charge in [0.25, 0.3) is 0 Å². The fourth-order valence-corrected chi connectivity index (χ4v) is 5.97. The molecule has 0 aliphatic carbocycles. The first-order valence-electron chi connectivity index (χ1n) is 11.3. The normalized spacial score (nSPS) is 15.9. The zero-order valence-electron chi connectivity index (χ0n) is 20.4. The molecule has 0 saturated heterocycles. The third kappa shape index (κ3) is 5.64. The van der Waals surface area contributed by atoms with Crippen LogP contribution in [-0.4, -0.2) is 30.6 Å². The number of aliphatic hydroxyl groups is 1. The van der Waals surface area contributed by atoms with Gasteiger partial charge in [-0.2, -0.15) is 13.2 Å². The highest BCUT2D eigenvalue weighted by Crippen LogP contribution is 2.42. The molecule has 0 spiro atoms. The molecule has 0 amide bonds. The molecule has 2 N–H and O–H groups in total. The van der Waals surface area contributed by atoms with E-state index in [4.69, 9.17) is 11.6 Å². The van der Waals surface area contributed by atoms with Gasteiger partial charge in [0.2, 0.25) is 0 Å². The number of hydrogen-bond donors (Lipinski definition) is 2. The molecule has 0 fully saturated rings. The second-order valence-electron chi connectivity index (χ2n) is 9.68. The SMILES string of the molecule is CC(C)(C)[S+]([O-])NC(c1cc2ccnc(-c3cc(C(C)(O)C(F)(F)F)ccn3)c2s1)c1ccccc1Cl. The zero-order valence-corrected chi connectivity index (χ0v) is 22.8. The molecule has 4 rings (SSSR count). The summed E-state index contributed by atoms with van der Waals surface area (Å²) in [7, 11) is 0. The van der Waals surface area contributed by atoms with Gasteiger partial charge in [-0.05, 0) is 74.5 Å². The van der Waals surface area contributed by atoms with Crippen molar-refractivity contribution in [3.63, 3.8) is 0 Å². The predicted octanol–water partition coefficient (Wildman–Crippen LogP) is 6.92. The van der Waals surface area contributed by atoms with Crippen molar-refractivity contribution >= 4 is 44.4 Å². The summed E-state index contributed by atoms with van der Waals surface area (Å²) in [5.41, 5.74) is -2.07. The van der Waals surface area contributed by atoms with E-state index < -0.39 is 33.9 Å². The summed E-state index contributed by atoms with van der Waals surface area (Å²) in [5.74, 6) is 0. The molecule has 37 heavy (non-hydrogen) atoms. The summed E-state index contributed by atoms with van der Waals surface area (Å²) in [5, 5.41) is 11.5. The molecule has 4 aromatic rings. The number of halogens is 4. The first kappa shape index (κ1) is 27.8. The summed E-state index contributed by atoms with van der Waals surface area (Å²) in [4.78, 5) is 9.45.